The largest absolute Gasteiger partial charge is 0.328 e. The van der Waals surface area contributed by atoms with Crippen LogP contribution >= 0.6 is 0 Å². The van der Waals surface area contributed by atoms with Crippen LogP contribution in [-0.2, 0) is 4.79 Å². The molecule has 1 aliphatic heterocycles. The summed E-state index contributed by atoms with van der Waals surface area (Å²) in [4.78, 5) is 22.7. The van der Waals surface area contributed by atoms with Gasteiger partial charge in [-0.15, -0.1) is 0 Å². The minimum atomic E-state index is -0.826. The minimum absolute atomic E-state index is 0.190. The van der Waals surface area contributed by atoms with Crippen LogP contribution in [0.2, 0.25) is 0 Å². The van der Waals surface area contributed by atoms with Gasteiger partial charge in [0, 0.05) is 6.54 Å². The number of nitrogens with two attached hydrogens (primary N) is 1. The van der Waals surface area contributed by atoms with Gasteiger partial charge in [0.15, 0.2) is 0 Å². The lowest BCUT2D eigenvalue weighted by Crippen LogP contribution is -2.57. The third-order valence-corrected chi connectivity index (χ3v) is 3.34. The van der Waals surface area contributed by atoms with E-state index < -0.39 is 11.6 Å². The van der Waals surface area contributed by atoms with Crippen molar-refractivity contribution in [2.45, 2.75) is 31.2 Å². The number of nitrogens with one attached hydrogen (secondary N) is 2. The Bertz CT molecular complexity index is 273. The minimum Gasteiger partial charge on any atom is -0.328 e. The Kier molecular flexibility index (Phi) is 2.19. The smallest absolute Gasteiger partial charge is 0.322 e. The highest BCUT2D eigenvalue weighted by molar-refractivity contribution is 6.07. The second-order valence-corrected chi connectivity index (χ2v) is 4.07. The van der Waals surface area contributed by atoms with Crippen LogP contribution in [-0.4, -0.2) is 24.0 Å². The van der Waals surface area contributed by atoms with Crippen LogP contribution in [0.4, 0.5) is 4.79 Å². The zero-order valence-corrected chi connectivity index (χ0v) is 8.01. The van der Waals surface area contributed by atoms with Crippen LogP contribution in [0.15, 0.2) is 0 Å². The lowest BCUT2D eigenvalue weighted by atomic mass is 9.82. The number of amides is 3. The van der Waals surface area contributed by atoms with Gasteiger partial charge in [-0.05, 0) is 18.8 Å². The van der Waals surface area contributed by atoms with Crippen molar-refractivity contribution in [3.63, 3.8) is 0 Å². The molecule has 5 nitrogen and oxygen atoms in total. The van der Waals surface area contributed by atoms with Gasteiger partial charge in [0.2, 0.25) is 0 Å². The molecule has 2 aliphatic rings. The monoisotopic (exact) mass is 197 g/mol. The highest BCUT2D eigenvalue weighted by Gasteiger charge is 2.51. The first-order valence-electron chi connectivity index (χ1n) is 5.03. The topological polar surface area (TPSA) is 84.2 Å². The molecule has 2 fully saturated rings. The van der Waals surface area contributed by atoms with E-state index in [1.165, 1.54) is 0 Å². The third-order valence-electron chi connectivity index (χ3n) is 3.34. The van der Waals surface area contributed by atoms with Gasteiger partial charge in [0.05, 0.1) is 0 Å². The van der Waals surface area contributed by atoms with Crippen molar-refractivity contribution in [1.29, 1.82) is 0 Å². The molecule has 78 valence electrons. The highest BCUT2D eigenvalue weighted by Crippen LogP contribution is 2.35. The van der Waals surface area contributed by atoms with Gasteiger partial charge >= 0.3 is 6.03 Å². The average Bonchev–Trinajstić information content (AvgIpc) is 2.73. The van der Waals surface area contributed by atoms with Crippen molar-refractivity contribution in [2.75, 3.05) is 6.54 Å². The van der Waals surface area contributed by atoms with Crippen molar-refractivity contribution in [3.8, 4) is 0 Å². The summed E-state index contributed by atoms with van der Waals surface area (Å²) in [5.74, 6) is -0.0455. The van der Waals surface area contributed by atoms with Crippen molar-refractivity contribution < 1.29 is 9.59 Å². The van der Waals surface area contributed by atoms with Crippen LogP contribution in [0.1, 0.15) is 25.7 Å². The normalized spacial score (nSPS) is 33.2. The summed E-state index contributed by atoms with van der Waals surface area (Å²) in [5.41, 5.74) is 4.80. The second kappa shape index (κ2) is 3.24. The van der Waals surface area contributed by atoms with E-state index in [1.54, 1.807) is 0 Å². The van der Waals surface area contributed by atoms with Crippen LogP contribution in [0.25, 0.3) is 0 Å². The fraction of sp³-hybridized carbons (Fsp3) is 0.778. The standard InChI is InChI=1S/C9H15N3O2/c10-5-9(6-3-1-2-4-6)7(13)11-8(14)12-9/h6H,1-5,10H2,(H2,11,12,13,14)/t9-/m0/s1. The SMILES string of the molecule is NC[C@@]1(C2CCCC2)NC(=O)NC1=O. The van der Waals surface area contributed by atoms with Gasteiger partial charge in [-0.3, -0.25) is 10.1 Å². The van der Waals surface area contributed by atoms with Crippen LogP contribution in [0, 0.1) is 5.92 Å². The van der Waals surface area contributed by atoms with Crippen molar-refractivity contribution in [3.05, 3.63) is 0 Å². The molecule has 0 aromatic rings. The maximum absolute atomic E-state index is 11.7. The van der Waals surface area contributed by atoms with Crippen molar-refractivity contribution in [1.82, 2.24) is 10.6 Å². The Labute approximate surface area is 82.4 Å². The lowest BCUT2D eigenvalue weighted by molar-refractivity contribution is -0.125. The Morgan fingerprint density at radius 3 is 2.43 bits per heavy atom. The van der Waals surface area contributed by atoms with Gasteiger partial charge in [-0.1, -0.05) is 12.8 Å². The molecule has 3 amide bonds. The van der Waals surface area contributed by atoms with Gasteiger partial charge in [-0.2, -0.15) is 0 Å². The van der Waals surface area contributed by atoms with Crippen LogP contribution in [0.5, 0.6) is 0 Å². The number of imide groups is 1. The zero-order valence-electron chi connectivity index (χ0n) is 8.01. The zero-order chi connectivity index (χ0) is 10.2. The van der Waals surface area contributed by atoms with E-state index in [0.29, 0.717) is 0 Å². The molecule has 4 N–H and O–H groups in total. The molecule has 14 heavy (non-hydrogen) atoms. The van der Waals surface area contributed by atoms with Crippen LogP contribution < -0.4 is 16.4 Å². The molecule has 5 heteroatoms. The molecule has 0 aromatic heterocycles. The molecule has 1 saturated carbocycles. The Morgan fingerprint density at radius 2 is 2.00 bits per heavy atom. The van der Waals surface area contributed by atoms with E-state index in [1.807, 2.05) is 0 Å². The lowest BCUT2D eigenvalue weighted by Gasteiger charge is -2.30. The molecule has 1 atom stereocenters. The molecular weight excluding hydrogens is 182 g/mol. The van der Waals surface area contributed by atoms with Gasteiger partial charge < -0.3 is 11.1 Å². The van der Waals surface area contributed by atoms with E-state index >= 15 is 0 Å². The predicted octanol–water partition coefficient (Wildman–Crippen LogP) is -0.287. The molecule has 1 heterocycles. The average molecular weight is 197 g/mol. The highest BCUT2D eigenvalue weighted by atomic mass is 16.2. The Hall–Kier alpha value is -1.10. The maximum atomic E-state index is 11.7. The number of rotatable bonds is 2. The first kappa shape index (κ1) is 9.45. The first-order chi connectivity index (χ1) is 6.69. The molecule has 0 spiro atoms. The van der Waals surface area contributed by atoms with Gasteiger partial charge in [0.25, 0.3) is 5.91 Å². The van der Waals surface area contributed by atoms with E-state index in [4.69, 9.17) is 5.73 Å². The summed E-state index contributed by atoms with van der Waals surface area (Å²) < 4.78 is 0. The Balaban J connectivity index is 2.24. The van der Waals surface area contributed by atoms with Crippen LogP contribution in [0.3, 0.4) is 0 Å². The number of hydrogen-bond acceptors (Lipinski definition) is 3. The summed E-state index contributed by atoms with van der Waals surface area (Å²) in [6, 6.07) is -0.410. The fourth-order valence-electron chi connectivity index (χ4n) is 2.52. The van der Waals surface area contributed by atoms with E-state index in [9.17, 15) is 9.59 Å². The molecule has 0 unspecified atom stereocenters. The van der Waals surface area contributed by atoms with E-state index in [0.717, 1.165) is 25.7 Å². The number of hydrogen-bond donors (Lipinski definition) is 3. The van der Waals surface area contributed by atoms with Crippen molar-refractivity contribution in [2.24, 2.45) is 11.7 Å². The molecule has 0 aromatic carbocycles. The summed E-state index contributed by atoms with van der Waals surface area (Å²) in [5, 5.41) is 4.95. The number of carbonyl (C=O) groups is 2. The third kappa shape index (κ3) is 1.19. The molecule has 0 radical (unpaired) electrons. The van der Waals surface area contributed by atoms with E-state index in [2.05, 4.69) is 10.6 Å². The summed E-state index contributed by atoms with van der Waals surface area (Å²) in [7, 11) is 0. The number of carbonyl (C=O) groups excluding carboxylic acids is 2. The summed E-state index contributed by atoms with van der Waals surface area (Å²) in [6.45, 7) is 0.190. The van der Waals surface area contributed by atoms with Gasteiger partial charge in [-0.25, -0.2) is 4.79 Å². The first-order valence-corrected chi connectivity index (χ1v) is 5.03. The summed E-state index contributed by atoms with van der Waals surface area (Å²) >= 11 is 0. The molecule has 2 rings (SSSR count). The van der Waals surface area contributed by atoms with E-state index in [-0.39, 0.29) is 18.4 Å². The maximum Gasteiger partial charge on any atom is 0.322 e. The predicted molar refractivity (Wildman–Crippen MR) is 50.4 cm³/mol. The summed E-state index contributed by atoms with van der Waals surface area (Å²) in [6.07, 6.45) is 4.20. The molecule has 1 saturated heterocycles. The number of urea groups is 1. The molecule has 1 aliphatic carbocycles. The fourth-order valence-corrected chi connectivity index (χ4v) is 2.52. The quantitative estimate of drug-likeness (QED) is 0.532. The molecular formula is C9H15N3O2. The Morgan fingerprint density at radius 1 is 1.36 bits per heavy atom. The van der Waals surface area contributed by atoms with Gasteiger partial charge in [0.1, 0.15) is 5.54 Å². The van der Waals surface area contributed by atoms with Crippen molar-refractivity contribution >= 4 is 11.9 Å². The second-order valence-electron chi connectivity index (χ2n) is 4.07. The molecule has 0 bridgehead atoms.